The summed E-state index contributed by atoms with van der Waals surface area (Å²) in [5, 5.41) is 2.87. The Morgan fingerprint density at radius 3 is 2.74 bits per heavy atom. The van der Waals surface area contributed by atoms with E-state index in [-0.39, 0.29) is 12.3 Å². The number of amides is 3. The van der Waals surface area contributed by atoms with Crippen molar-refractivity contribution >= 4 is 17.7 Å². The Morgan fingerprint density at radius 1 is 1.13 bits per heavy atom. The van der Waals surface area contributed by atoms with Crippen LogP contribution >= 0.6 is 0 Å². The lowest BCUT2D eigenvalue weighted by atomic mass is 9.76. The van der Waals surface area contributed by atoms with Crippen LogP contribution in [-0.4, -0.2) is 49.5 Å². The van der Waals surface area contributed by atoms with E-state index < -0.39 is 17.5 Å². The normalized spacial score (nSPS) is 21.6. The second kappa shape index (κ2) is 7.30. The topological polar surface area (TPSA) is 94.2 Å². The van der Waals surface area contributed by atoms with E-state index in [1.165, 1.54) is 0 Å². The lowest BCUT2D eigenvalue weighted by Gasteiger charge is -2.33. The fourth-order valence-electron chi connectivity index (χ4n) is 4.57. The van der Waals surface area contributed by atoms with Gasteiger partial charge in [-0.1, -0.05) is 6.07 Å². The Hall–Kier alpha value is -3.55. The molecule has 2 heterocycles. The van der Waals surface area contributed by atoms with Crippen molar-refractivity contribution in [3.8, 4) is 17.2 Å². The van der Waals surface area contributed by atoms with E-state index in [1.807, 2.05) is 12.1 Å². The molecule has 31 heavy (non-hydrogen) atoms. The van der Waals surface area contributed by atoms with Crippen LogP contribution in [-0.2, 0) is 16.8 Å². The number of nitrogens with zero attached hydrogens (tertiary/aromatic N) is 1. The Kier molecular flexibility index (Phi) is 4.57. The van der Waals surface area contributed by atoms with Crippen LogP contribution in [0.15, 0.2) is 36.4 Å². The third-order valence-electron chi connectivity index (χ3n) is 6.11. The van der Waals surface area contributed by atoms with Crippen LogP contribution in [0.5, 0.6) is 17.2 Å². The number of carbonyl (C=O) groups excluding carboxylic acids is 3. The summed E-state index contributed by atoms with van der Waals surface area (Å²) >= 11 is 0. The molecule has 0 bridgehead atoms. The molecular formula is C23H22N2O6. The average Bonchev–Trinajstić information content (AvgIpc) is 3.03. The zero-order valence-electron chi connectivity index (χ0n) is 17.1. The minimum absolute atomic E-state index is 0.336. The molecule has 8 nitrogen and oxygen atoms in total. The summed E-state index contributed by atoms with van der Waals surface area (Å²) < 4.78 is 16.3. The molecule has 160 valence electrons. The number of imide groups is 1. The van der Waals surface area contributed by atoms with Crippen molar-refractivity contribution < 1.29 is 28.6 Å². The minimum Gasteiger partial charge on any atom is -0.497 e. The van der Waals surface area contributed by atoms with Gasteiger partial charge in [-0.05, 0) is 60.7 Å². The molecule has 1 atom stereocenters. The van der Waals surface area contributed by atoms with Crippen LogP contribution in [0, 0.1) is 0 Å². The van der Waals surface area contributed by atoms with Gasteiger partial charge in [0.1, 0.15) is 24.5 Å². The van der Waals surface area contributed by atoms with Crippen LogP contribution in [0.3, 0.4) is 0 Å². The van der Waals surface area contributed by atoms with Crippen molar-refractivity contribution in [3.63, 3.8) is 0 Å². The average molecular weight is 422 g/mol. The largest absolute Gasteiger partial charge is 0.497 e. The molecule has 2 aromatic carbocycles. The van der Waals surface area contributed by atoms with E-state index in [9.17, 15) is 14.4 Å². The first-order chi connectivity index (χ1) is 15.0. The van der Waals surface area contributed by atoms with E-state index in [4.69, 9.17) is 14.2 Å². The van der Waals surface area contributed by atoms with Crippen molar-refractivity contribution in [3.05, 3.63) is 53.1 Å². The van der Waals surface area contributed by atoms with Crippen molar-refractivity contribution in [2.75, 3.05) is 26.9 Å². The van der Waals surface area contributed by atoms with Crippen molar-refractivity contribution in [2.24, 2.45) is 0 Å². The molecule has 8 heteroatoms. The van der Waals surface area contributed by atoms with Gasteiger partial charge in [-0.25, -0.2) is 4.79 Å². The summed E-state index contributed by atoms with van der Waals surface area (Å²) in [5.41, 5.74) is 0.968. The fraction of sp³-hybridized carbons (Fsp3) is 0.348. The number of hydrogen-bond donors (Lipinski definition) is 1. The molecule has 0 unspecified atom stereocenters. The van der Waals surface area contributed by atoms with E-state index in [1.54, 1.807) is 31.4 Å². The summed E-state index contributed by atoms with van der Waals surface area (Å²) in [5.74, 6) is 1.03. The van der Waals surface area contributed by atoms with Gasteiger partial charge in [0.15, 0.2) is 17.3 Å². The SMILES string of the molecule is COc1ccc2c(c1)CCC[C@]21NC(=O)N(CC(=O)c2ccc3c(c2)OCCO3)C1=O. The summed E-state index contributed by atoms with van der Waals surface area (Å²) in [7, 11) is 1.59. The predicted octanol–water partition coefficient (Wildman–Crippen LogP) is 2.43. The minimum atomic E-state index is -1.13. The second-order valence-electron chi connectivity index (χ2n) is 7.89. The van der Waals surface area contributed by atoms with E-state index in [0.29, 0.717) is 42.4 Å². The molecule has 3 aliphatic rings. The molecule has 0 radical (unpaired) electrons. The predicted molar refractivity (Wildman–Crippen MR) is 110 cm³/mol. The Morgan fingerprint density at radius 2 is 1.94 bits per heavy atom. The maximum absolute atomic E-state index is 13.4. The monoisotopic (exact) mass is 422 g/mol. The molecule has 5 rings (SSSR count). The van der Waals surface area contributed by atoms with Crippen LogP contribution in [0.25, 0.3) is 0 Å². The molecule has 1 spiro atoms. The summed E-state index contributed by atoms with van der Waals surface area (Å²) in [6.07, 6.45) is 2.04. The van der Waals surface area contributed by atoms with E-state index in [0.717, 1.165) is 28.9 Å². The number of carbonyl (C=O) groups is 3. The van der Waals surface area contributed by atoms with Gasteiger partial charge >= 0.3 is 6.03 Å². The summed E-state index contributed by atoms with van der Waals surface area (Å²) in [6, 6.07) is 9.84. The lowest BCUT2D eigenvalue weighted by molar-refractivity contribution is -0.131. The van der Waals surface area contributed by atoms with Crippen molar-refractivity contribution in [1.29, 1.82) is 0 Å². The highest BCUT2D eigenvalue weighted by Crippen LogP contribution is 2.41. The van der Waals surface area contributed by atoms with E-state index in [2.05, 4.69) is 5.32 Å². The maximum atomic E-state index is 13.4. The molecule has 1 N–H and O–H groups in total. The second-order valence-corrected chi connectivity index (χ2v) is 7.89. The Labute approximate surface area is 179 Å². The van der Waals surface area contributed by atoms with Gasteiger partial charge in [0.25, 0.3) is 5.91 Å². The van der Waals surface area contributed by atoms with Gasteiger partial charge in [-0.2, -0.15) is 0 Å². The van der Waals surface area contributed by atoms with Crippen molar-refractivity contribution in [2.45, 2.75) is 24.8 Å². The molecule has 0 saturated carbocycles. The van der Waals surface area contributed by atoms with Crippen LogP contribution in [0.2, 0.25) is 0 Å². The molecule has 2 aliphatic heterocycles. The van der Waals surface area contributed by atoms with Gasteiger partial charge in [0.2, 0.25) is 0 Å². The number of Topliss-reactive ketones (excluding diaryl/α,β-unsaturated/α-hetero) is 1. The fourth-order valence-corrected chi connectivity index (χ4v) is 4.57. The highest BCUT2D eigenvalue weighted by molar-refractivity contribution is 6.11. The Bertz CT molecular complexity index is 1100. The number of aryl methyl sites for hydroxylation is 1. The molecule has 2 aromatic rings. The van der Waals surface area contributed by atoms with Crippen LogP contribution in [0.4, 0.5) is 4.79 Å². The molecular weight excluding hydrogens is 400 g/mol. The number of ketones is 1. The maximum Gasteiger partial charge on any atom is 0.325 e. The number of hydrogen-bond acceptors (Lipinski definition) is 6. The summed E-state index contributed by atoms with van der Waals surface area (Å²) in [4.78, 5) is 40.1. The van der Waals surface area contributed by atoms with Gasteiger partial charge in [0, 0.05) is 5.56 Å². The van der Waals surface area contributed by atoms with Crippen molar-refractivity contribution in [1.82, 2.24) is 10.2 Å². The smallest absolute Gasteiger partial charge is 0.325 e. The zero-order valence-corrected chi connectivity index (χ0v) is 17.1. The molecule has 1 aliphatic carbocycles. The van der Waals surface area contributed by atoms with Gasteiger partial charge in [-0.3, -0.25) is 14.5 Å². The Balaban J connectivity index is 1.41. The third kappa shape index (κ3) is 3.10. The van der Waals surface area contributed by atoms with Gasteiger partial charge in [0.05, 0.1) is 13.7 Å². The number of urea groups is 1. The lowest BCUT2D eigenvalue weighted by Crippen LogP contribution is -2.46. The number of benzene rings is 2. The van der Waals surface area contributed by atoms with E-state index >= 15 is 0 Å². The number of methoxy groups -OCH3 is 1. The standard InChI is InChI=1S/C23H22N2O6/c1-29-16-5-6-17-14(11-16)3-2-8-23(17)21(27)25(22(28)24-23)13-18(26)15-4-7-19-20(12-15)31-10-9-30-19/h4-7,11-12H,2-3,8-10,13H2,1H3,(H,24,28)/t23-/m0/s1. The highest BCUT2D eigenvalue weighted by atomic mass is 16.6. The van der Waals surface area contributed by atoms with Crippen LogP contribution in [0.1, 0.15) is 34.3 Å². The molecule has 1 fully saturated rings. The van der Waals surface area contributed by atoms with Gasteiger partial charge < -0.3 is 19.5 Å². The quantitative estimate of drug-likeness (QED) is 0.601. The number of rotatable bonds is 4. The first-order valence-corrected chi connectivity index (χ1v) is 10.3. The summed E-state index contributed by atoms with van der Waals surface area (Å²) in [6.45, 7) is 0.528. The van der Waals surface area contributed by atoms with Crippen LogP contribution < -0.4 is 19.5 Å². The zero-order chi connectivity index (χ0) is 21.6. The molecule has 0 aromatic heterocycles. The molecule has 1 saturated heterocycles. The number of fused-ring (bicyclic) bond motifs is 3. The molecule has 3 amide bonds. The number of ether oxygens (including phenoxy) is 3. The number of nitrogens with one attached hydrogen (secondary N) is 1. The first kappa shape index (κ1) is 19.4. The third-order valence-corrected chi connectivity index (χ3v) is 6.11. The highest BCUT2D eigenvalue weighted by Gasteiger charge is 2.54. The van der Waals surface area contributed by atoms with Gasteiger partial charge in [-0.15, -0.1) is 0 Å². The first-order valence-electron chi connectivity index (χ1n) is 10.3.